The lowest BCUT2D eigenvalue weighted by molar-refractivity contribution is 0.0614. The number of thioether (sulfide) groups is 1. The molecular weight excluding hydrogens is 334 g/mol. The van der Waals surface area contributed by atoms with Gasteiger partial charge in [0.15, 0.2) is 0 Å². The first kappa shape index (κ1) is 16.3. The minimum absolute atomic E-state index is 0.597. The second-order valence-corrected chi connectivity index (χ2v) is 7.20. The van der Waals surface area contributed by atoms with Gasteiger partial charge >= 0.3 is 0 Å². The maximum absolute atomic E-state index is 5.45. The summed E-state index contributed by atoms with van der Waals surface area (Å²) in [6.45, 7) is 5.13. The second kappa shape index (κ2) is 9.08. The number of benzene rings is 1. The highest BCUT2D eigenvalue weighted by atomic mass is 79.9. The lowest BCUT2D eigenvalue weighted by atomic mass is 9.93. The summed E-state index contributed by atoms with van der Waals surface area (Å²) in [6, 6.07) is 9.07. The topological polar surface area (TPSA) is 21.3 Å². The van der Waals surface area contributed by atoms with Crippen LogP contribution in [0.5, 0.6) is 0 Å². The Hall–Kier alpha value is -0.0300. The molecule has 1 saturated heterocycles. The molecule has 0 amide bonds. The van der Waals surface area contributed by atoms with Gasteiger partial charge < -0.3 is 10.1 Å². The summed E-state index contributed by atoms with van der Waals surface area (Å²) in [7, 11) is 0. The second-order valence-electron chi connectivity index (χ2n) is 5.29. The number of ether oxygens (including phenoxy) is 1. The summed E-state index contributed by atoms with van der Waals surface area (Å²) in [4.78, 5) is 1.34. The fraction of sp³-hybridized carbons (Fsp3) is 0.625. The van der Waals surface area contributed by atoms with Crippen molar-refractivity contribution in [1.82, 2.24) is 5.32 Å². The zero-order valence-electron chi connectivity index (χ0n) is 12.1. The zero-order chi connectivity index (χ0) is 14.2. The number of halogens is 1. The zero-order valence-corrected chi connectivity index (χ0v) is 14.5. The van der Waals surface area contributed by atoms with Crippen molar-refractivity contribution in [2.24, 2.45) is 5.92 Å². The molecule has 0 radical (unpaired) electrons. The van der Waals surface area contributed by atoms with E-state index in [0.717, 1.165) is 31.4 Å². The molecule has 0 aliphatic carbocycles. The molecule has 1 aliphatic rings. The molecule has 0 spiro atoms. The molecule has 1 unspecified atom stereocenters. The van der Waals surface area contributed by atoms with Crippen LogP contribution >= 0.6 is 27.7 Å². The molecule has 0 saturated carbocycles. The predicted molar refractivity (Wildman–Crippen MR) is 90.5 cm³/mol. The average molecular weight is 358 g/mol. The molecule has 1 atom stereocenters. The molecule has 1 fully saturated rings. The van der Waals surface area contributed by atoms with Gasteiger partial charge in [-0.1, -0.05) is 19.1 Å². The molecule has 1 aromatic rings. The third kappa shape index (κ3) is 5.40. The highest BCUT2D eigenvalue weighted by Gasteiger charge is 2.19. The smallest absolute Gasteiger partial charge is 0.0468 e. The maximum atomic E-state index is 5.45. The summed E-state index contributed by atoms with van der Waals surface area (Å²) >= 11 is 5.57. The first-order valence-electron chi connectivity index (χ1n) is 7.48. The van der Waals surface area contributed by atoms with E-state index in [1.807, 2.05) is 11.8 Å². The Morgan fingerprint density at radius 1 is 1.35 bits per heavy atom. The van der Waals surface area contributed by atoms with Gasteiger partial charge in [0.25, 0.3) is 0 Å². The van der Waals surface area contributed by atoms with Gasteiger partial charge in [0, 0.05) is 34.4 Å². The van der Waals surface area contributed by atoms with E-state index < -0.39 is 0 Å². The molecule has 4 heteroatoms. The van der Waals surface area contributed by atoms with Gasteiger partial charge in [0.1, 0.15) is 0 Å². The Bertz CT molecular complexity index is 396. The van der Waals surface area contributed by atoms with Crippen LogP contribution in [0.15, 0.2) is 33.6 Å². The van der Waals surface area contributed by atoms with Crippen LogP contribution in [0.1, 0.15) is 26.2 Å². The van der Waals surface area contributed by atoms with Crippen molar-refractivity contribution >= 4 is 27.7 Å². The Labute approximate surface area is 135 Å². The SMILES string of the molecule is CCNC(CSc1ccccc1Br)CC1CCOCC1. The summed E-state index contributed by atoms with van der Waals surface area (Å²) in [5.41, 5.74) is 0. The van der Waals surface area contributed by atoms with Crippen LogP contribution in [0.4, 0.5) is 0 Å². The molecule has 1 N–H and O–H groups in total. The van der Waals surface area contributed by atoms with Crippen molar-refractivity contribution in [1.29, 1.82) is 0 Å². The maximum Gasteiger partial charge on any atom is 0.0468 e. The van der Waals surface area contributed by atoms with E-state index in [-0.39, 0.29) is 0 Å². The fourth-order valence-electron chi connectivity index (χ4n) is 2.64. The summed E-state index contributed by atoms with van der Waals surface area (Å²) in [5.74, 6) is 1.96. The van der Waals surface area contributed by atoms with Gasteiger partial charge in [0.2, 0.25) is 0 Å². The summed E-state index contributed by atoms with van der Waals surface area (Å²) in [6.07, 6.45) is 3.72. The van der Waals surface area contributed by atoms with Gasteiger partial charge in [-0.15, -0.1) is 11.8 Å². The average Bonchev–Trinajstić information content (AvgIpc) is 2.47. The van der Waals surface area contributed by atoms with Gasteiger partial charge in [-0.25, -0.2) is 0 Å². The molecule has 1 aliphatic heterocycles. The van der Waals surface area contributed by atoms with Crippen molar-refractivity contribution in [2.45, 2.75) is 37.1 Å². The van der Waals surface area contributed by atoms with E-state index in [2.05, 4.69) is 52.4 Å². The van der Waals surface area contributed by atoms with Crippen molar-refractivity contribution in [3.8, 4) is 0 Å². The number of hydrogen-bond acceptors (Lipinski definition) is 3. The fourth-order valence-corrected chi connectivity index (χ4v) is 4.28. The first-order chi connectivity index (χ1) is 9.79. The molecule has 112 valence electrons. The van der Waals surface area contributed by atoms with Crippen LogP contribution in [0.2, 0.25) is 0 Å². The molecule has 1 heterocycles. The van der Waals surface area contributed by atoms with Gasteiger partial charge in [0.05, 0.1) is 0 Å². The van der Waals surface area contributed by atoms with Gasteiger partial charge in [-0.05, 0) is 59.8 Å². The quantitative estimate of drug-likeness (QED) is 0.733. The lowest BCUT2D eigenvalue weighted by Gasteiger charge is -2.27. The lowest BCUT2D eigenvalue weighted by Crippen LogP contribution is -2.34. The third-order valence-electron chi connectivity index (χ3n) is 3.73. The standard InChI is InChI=1S/C16H24BrNOS/c1-2-18-14(11-13-7-9-19-10-8-13)12-20-16-6-4-3-5-15(16)17/h3-6,13-14,18H,2,7-12H2,1H3. The Morgan fingerprint density at radius 2 is 2.10 bits per heavy atom. The third-order valence-corrected chi connectivity index (χ3v) is 5.92. The largest absolute Gasteiger partial charge is 0.381 e. The van der Waals surface area contributed by atoms with Crippen LogP contribution in [0, 0.1) is 5.92 Å². The number of nitrogens with one attached hydrogen (secondary N) is 1. The molecule has 1 aromatic carbocycles. The van der Waals surface area contributed by atoms with Crippen molar-refractivity contribution < 1.29 is 4.74 Å². The number of rotatable bonds is 7. The Kier molecular flexibility index (Phi) is 7.42. The molecule has 0 bridgehead atoms. The van der Waals surface area contributed by atoms with Crippen LogP contribution in [-0.4, -0.2) is 31.6 Å². The van der Waals surface area contributed by atoms with Crippen molar-refractivity contribution in [2.75, 3.05) is 25.5 Å². The van der Waals surface area contributed by atoms with Crippen LogP contribution in [0.3, 0.4) is 0 Å². The number of hydrogen-bond donors (Lipinski definition) is 1. The Morgan fingerprint density at radius 3 is 2.80 bits per heavy atom. The van der Waals surface area contributed by atoms with Crippen LogP contribution < -0.4 is 5.32 Å². The highest BCUT2D eigenvalue weighted by molar-refractivity contribution is 9.10. The first-order valence-corrected chi connectivity index (χ1v) is 9.26. The van der Waals surface area contributed by atoms with E-state index in [4.69, 9.17) is 4.74 Å². The predicted octanol–water partition coefficient (Wildman–Crippen LogP) is 4.34. The van der Waals surface area contributed by atoms with E-state index >= 15 is 0 Å². The van der Waals surface area contributed by atoms with Crippen LogP contribution in [-0.2, 0) is 4.74 Å². The molecule has 2 rings (SSSR count). The van der Waals surface area contributed by atoms with Crippen LogP contribution in [0.25, 0.3) is 0 Å². The molecular formula is C16H24BrNOS. The van der Waals surface area contributed by atoms with Gasteiger partial charge in [-0.3, -0.25) is 0 Å². The minimum atomic E-state index is 0.597. The van der Waals surface area contributed by atoms with E-state index in [9.17, 15) is 0 Å². The van der Waals surface area contributed by atoms with E-state index in [1.54, 1.807) is 0 Å². The Balaban J connectivity index is 1.83. The molecule has 0 aromatic heterocycles. The summed E-state index contributed by atoms with van der Waals surface area (Å²) < 4.78 is 6.65. The molecule has 20 heavy (non-hydrogen) atoms. The molecule has 2 nitrogen and oxygen atoms in total. The monoisotopic (exact) mass is 357 g/mol. The van der Waals surface area contributed by atoms with Crippen molar-refractivity contribution in [3.05, 3.63) is 28.7 Å². The van der Waals surface area contributed by atoms with E-state index in [0.29, 0.717) is 6.04 Å². The van der Waals surface area contributed by atoms with E-state index in [1.165, 1.54) is 28.6 Å². The van der Waals surface area contributed by atoms with Crippen molar-refractivity contribution in [3.63, 3.8) is 0 Å². The normalized spacial score (nSPS) is 18.1. The van der Waals surface area contributed by atoms with Gasteiger partial charge in [-0.2, -0.15) is 0 Å². The summed E-state index contributed by atoms with van der Waals surface area (Å²) in [5, 5.41) is 3.64. The minimum Gasteiger partial charge on any atom is -0.381 e. The highest BCUT2D eigenvalue weighted by Crippen LogP contribution is 2.29.